The summed E-state index contributed by atoms with van der Waals surface area (Å²) in [7, 11) is 0. The number of para-hydroxylation sites is 1. The van der Waals surface area contributed by atoms with Crippen LogP contribution in [0, 0.1) is 0 Å². The Morgan fingerprint density at radius 1 is 1.04 bits per heavy atom. The number of hydrogen-bond donors (Lipinski definition) is 1. The number of hydrazone groups is 1. The van der Waals surface area contributed by atoms with Crippen molar-refractivity contribution in [3.63, 3.8) is 0 Å². The van der Waals surface area contributed by atoms with E-state index in [4.69, 9.17) is 0 Å². The van der Waals surface area contributed by atoms with Gasteiger partial charge in [-0.05, 0) is 25.1 Å². The molecule has 0 aromatic heterocycles. The second-order valence-corrected chi connectivity index (χ2v) is 7.48. The van der Waals surface area contributed by atoms with E-state index in [0.717, 1.165) is 48.5 Å². The number of nitrogens with zero attached hydrogens (tertiary/aromatic N) is 3. The van der Waals surface area contributed by atoms with Crippen molar-refractivity contribution >= 4 is 33.2 Å². The van der Waals surface area contributed by atoms with Gasteiger partial charge in [0.25, 0.3) is 0 Å². The largest absolute Gasteiger partial charge is 0.369 e. The highest BCUT2D eigenvalue weighted by molar-refractivity contribution is 9.10. The van der Waals surface area contributed by atoms with Crippen LogP contribution in [0.15, 0.2) is 64.2 Å². The lowest BCUT2D eigenvalue weighted by Crippen LogP contribution is -2.47. The minimum absolute atomic E-state index is 0.0492. The lowest BCUT2D eigenvalue weighted by Gasteiger charge is -2.36. The molecule has 0 spiro atoms. The Bertz CT molecular complexity index is 786. The summed E-state index contributed by atoms with van der Waals surface area (Å²) in [5.41, 5.74) is 5.71. The Morgan fingerprint density at radius 3 is 2.41 bits per heavy atom. The van der Waals surface area contributed by atoms with Gasteiger partial charge in [-0.25, -0.2) is 5.43 Å². The minimum Gasteiger partial charge on any atom is -0.369 e. The summed E-state index contributed by atoms with van der Waals surface area (Å²) in [5, 5.41) is 4.23. The van der Waals surface area contributed by atoms with Crippen molar-refractivity contribution < 1.29 is 4.79 Å². The molecule has 1 N–H and O–H groups in total. The molecule has 5 nitrogen and oxygen atoms in total. The molecule has 6 heteroatoms. The fraction of sp³-hybridized carbons (Fsp3) is 0.333. The normalized spacial score (nSPS) is 15.6. The van der Waals surface area contributed by atoms with E-state index in [9.17, 15) is 4.79 Å². The van der Waals surface area contributed by atoms with E-state index >= 15 is 0 Å². The number of benzene rings is 2. The number of rotatable bonds is 6. The fourth-order valence-electron chi connectivity index (χ4n) is 3.15. The Hall–Kier alpha value is -2.18. The molecular weight excluding hydrogens is 404 g/mol. The van der Waals surface area contributed by atoms with Crippen LogP contribution in [0.25, 0.3) is 0 Å². The summed E-state index contributed by atoms with van der Waals surface area (Å²) in [6.07, 6.45) is 0.456. The summed E-state index contributed by atoms with van der Waals surface area (Å²) < 4.78 is 0.969. The van der Waals surface area contributed by atoms with Crippen LogP contribution in [0.2, 0.25) is 0 Å². The molecule has 1 heterocycles. The van der Waals surface area contributed by atoms with Crippen molar-refractivity contribution in [2.75, 3.05) is 37.6 Å². The van der Waals surface area contributed by atoms with Gasteiger partial charge in [0.2, 0.25) is 5.91 Å². The van der Waals surface area contributed by atoms with Crippen molar-refractivity contribution in [1.29, 1.82) is 0 Å². The number of piperazine rings is 1. The molecule has 0 bridgehead atoms. The van der Waals surface area contributed by atoms with Gasteiger partial charge < -0.3 is 4.90 Å². The highest BCUT2D eigenvalue weighted by Crippen LogP contribution is 2.17. The number of carbonyl (C=O) groups is 1. The van der Waals surface area contributed by atoms with Crippen molar-refractivity contribution in [2.45, 2.75) is 13.3 Å². The molecule has 1 fully saturated rings. The molecule has 1 aliphatic heterocycles. The molecule has 27 heavy (non-hydrogen) atoms. The first-order valence-electron chi connectivity index (χ1n) is 9.24. The Kier molecular flexibility index (Phi) is 7.01. The predicted octanol–water partition coefficient (Wildman–Crippen LogP) is 3.50. The number of anilines is 1. The summed E-state index contributed by atoms with van der Waals surface area (Å²) in [6, 6.07) is 18.3. The van der Waals surface area contributed by atoms with Crippen molar-refractivity contribution in [1.82, 2.24) is 10.3 Å². The van der Waals surface area contributed by atoms with Gasteiger partial charge in [0.15, 0.2) is 0 Å². The maximum atomic E-state index is 12.1. The average Bonchev–Trinajstić information content (AvgIpc) is 2.72. The van der Waals surface area contributed by atoms with E-state index < -0.39 is 0 Å². The van der Waals surface area contributed by atoms with Crippen molar-refractivity contribution in [3.8, 4) is 0 Å². The fourth-order valence-corrected chi connectivity index (χ4v) is 3.72. The van der Waals surface area contributed by atoms with Gasteiger partial charge in [0.05, 0.1) is 5.71 Å². The number of halogens is 1. The summed E-state index contributed by atoms with van der Waals surface area (Å²) in [5.74, 6) is -0.0492. The van der Waals surface area contributed by atoms with Crippen LogP contribution in [0.4, 0.5) is 5.69 Å². The third-order valence-electron chi connectivity index (χ3n) is 4.76. The molecule has 0 aliphatic carbocycles. The Labute approximate surface area is 169 Å². The number of hydrogen-bond acceptors (Lipinski definition) is 4. The molecule has 0 radical (unpaired) electrons. The average molecular weight is 429 g/mol. The molecule has 0 atom stereocenters. The SMILES string of the molecule is C/C(=N\NC(=O)CCN1CCN(c2ccccc2)CC1)c1ccccc1Br. The monoisotopic (exact) mass is 428 g/mol. The van der Waals surface area contributed by atoms with Crippen LogP contribution in [-0.4, -0.2) is 49.2 Å². The van der Waals surface area contributed by atoms with Crippen LogP contribution in [0.3, 0.4) is 0 Å². The van der Waals surface area contributed by atoms with Gasteiger partial charge >= 0.3 is 0 Å². The Balaban J connectivity index is 1.41. The third-order valence-corrected chi connectivity index (χ3v) is 5.45. The van der Waals surface area contributed by atoms with Crippen molar-refractivity contribution in [3.05, 3.63) is 64.6 Å². The zero-order valence-electron chi connectivity index (χ0n) is 15.6. The van der Waals surface area contributed by atoms with Gasteiger partial charge in [-0.15, -0.1) is 0 Å². The van der Waals surface area contributed by atoms with E-state index in [1.54, 1.807) is 0 Å². The first-order valence-corrected chi connectivity index (χ1v) is 10.0. The van der Waals surface area contributed by atoms with Gasteiger partial charge in [0, 0.05) is 54.9 Å². The third kappa shape index (κ3) is 5.65. The quantitative estimate of drug-likeness (QED) is 0.565. The predicted molar refractivity (Wildman–Crippen MR) is 114 cm³/mol. The molecule has 1 amide bonds. The summed E-state index contributed by atoms with van der Waals surface area (Å²) >= 11 is 3.50. The smallest absolute Gasteiger partial charge is 0.241 e. The molecule has 3 rings (SSSR count). The second-order valence-electron chi connectivity index (χ2n) is 6.63. The van der Waals surface area contributed by atoms with Crippen LogP contribution in [0.1, 0.15) is 18.9 Å². The van der Waals surface area contributed by atoms with Crippen LogP contribution < -0.4 is 10.3 Å². The standard InChI is InChI=1S/C21H25BrN4O/c1-17(19-9-5-6-10-20(19)22)23-24-21(27)11-12-25-13-15-26(16-14-25)18-7-3-2-4-8-18/h2-10H,11-16H2,1H3,(H,24,27)/b23-17+. The van der Waals surface area contributed by atoms with Gasteiger partial charge in [0.1, 0.15) is 0 Å². The highest BCUT2D eigenvalue weighted by atomic mass is 79.9. The number of nitrogens with one attached hydrogen (secondary N) is 1. The van der Waals surface area contributed by atoms with Crippen LogP contribution >= 0.6 is 15.9 Å². The van der Waals surface area contributed by atoms with E-state index in [0.29, 0.717) is 6.42 Å². The van der Waals surface area contributed by atoms with Crippen LogP contribution in [0.5, 0.6) is 0 Å². The van der Waals surface area contributed by atoms with Crippen LogP contribution in [-0.2, 0) is 4.79 Å². The number of amides is 1. The topological polar surface area (TPSA) is 47.9 Å². The zero-order valence-corrected chi connectivity index (χ0v) is 17.2. The molecule has 142 valence electrons. The van der Waals surface area contributed by atoms with Gasteiger partial charge in [-0.1, -0.05) is 52.3 Å². The Morgan fingerprint density at radius 2 is 1.70 bits per heavy atom. The lowest BCUT2D eigenvalue weighted by molar-refractivity contribution is -0.121. The van der Waals surface area contributed by atoms with E-state index in [-0.39, 0.29) is 5.91 Å². The molecule has 2 aromatic carbocycles. The first kappa shape index (κ1) is 19.6. The molecule has 1 aliphatic rings. The summed E-state index contributed by atoms with van der Waals surface area (Å²) in [6.45, 7) is 6.58. The number of carbonyl (C=O) groups excluding carboxylic acids is 1. The molecule has 0 saturated carbocycles. The molecule has 0 unspecified atom stereocenters. The molecular formula is C21H25BrN4O. The van der Waals surface area contributed by atoms with Gasteiger partial charge in [-0.3, -0.25) is 9.69 Å². The second kappa shape index (κ2) is 9.67. The lowest BCUT2D eigenvalue weighted by atomic mass is 10.1. The first-order chi connectivity index (χ1) is 13.1. The zero-order chi connectivity index (χ0) is 19.1. The highest BCUT2D eigenvalue weighted by Gasteiger charge is 2.17. The van der Waals surface area contributed by atoms with Crippen molar-refractivity contribution in [2.24, 2.45) is 5.10 Å². The van der Waals surface area contributed by atoms with E-state index in [1.807, 2.05) is 37.3 Å². The molecule has 2 aromatic rings. The maximum Gasteiger partial charge on any atom is 0.241 e. The summed E-state index contributed by atoms with van der Waals surface area (Å²) in [4.78, 5) is 16.9. The van der Waals surface area contributed by atoms with E-state index in [2.05, 4.69) is 60.5 Å². The van der Waals surface area contributed by atoms with E-state index in [1.165, 1.54) is 5.69 Å². The molecule has 1 saturated heterocycles. The minimum atomic E-state index is -0.0492. The van der Waals surface area contributed by atoms with Gasteiger partial charge in [-0.2, -0.15) is 5.10 Å². The maximum absolute atomic E-state index is 12.1.